The van der Waals surface area contributed by atoms with Crippen LogP contribution in [0.25, 0.3) is 0 Å². The van der Waals surface area contributed by atoms with E-state index < -0.39 is 41.1 Å². The Hall–Kier alpha value is -1.42. The Morgan fingerprint density at radius 1 is 1.38 bits per heavy atom. The highest BCUT2D eigenvalue weighted by Gasteiger charge is 2.62. The fourth-order valence-electron chi connectivity index (χ4n) is 3.70. The lowest BCUT2D eigenvalue weighted by Crippen LogP contribution is -2.65. The first-order valence-electron chi connectivity index (χ1n) is 9.69. The van der Waals surface area contributed by atoms with E-state index in [1.165, 1.54) is 13.1 Å². The molecule has 0 radical (unpaired) electrons. The number of nitrogens with zero attached hydrogens (tertiary/aromatic N) is 1. The van der Waals surface area contributed by atoms with Gasteiger partial charge in [-0.3, -0.25) is 4.31 Å². The van der Waals surface area contributed by atoms with Crippen molar-refractivity contribution in [2.45, 2.75) is 55.8 Å². The quantitative estimate of drug-likeness (QED) is 0.726. The van der Waals surface area contributed by atoms with Gasteiger partial charge in [0, 0.05) is 12.6 Å². The van der Waals surface area contributed by atoms with Crippen LogP contribution < -0.4 is 5.32 Å². The maximum absolute atomic E-state index is 14.8. The molecule has 0 saturated carbocycles. The van der Waals surface area contributed by atoms with E-state index in [9.17, 15) is 12.8 Å². The second kappa shape index (κ2) is 7.07. The van der Waals surface area contributed by atoms with Gasteiger partial charge in [0.05, 0.1) is 13.2 Å². The summed E-state index contributed by atoms with van der Waals surface area (Å²) in [7, 11) is -4.53. The van der Waals surface area contributed by atoms with Crippen LogP contribution in [0.4, 0.5) is 4.39 Å². The Bertz CT molecular complexity index is 915. The van der Waals surface area contributed by atoms with Crippen molar-refractivity contribution in [3.05, 3.63) is 48.0 Å². The minimum Gasteiger partial charge on any atom is -0.414 e. The van der Waals surface area contributed by atoms with E-state index in [-0.39, 0.29) is 29.6 Å². The first kappa shape index (κ1) is 22.3. The highest BCUT2D eigenvalue weighted by atomic mass is 32.2. The van der Waals surface area contributed by atoms with Gasteiger partial charge in [0.15, 0.2) is 8.32 Å². The summed E-state index contributed by atoms with van der Waals surface area (Å²) < 4.78 is 55.0. The zero-order chi connectivity index (χ0) is 21.8. The fourth-order valence-corrected chi connectivity index (χ4v) is 6.71. The maximum atomic E-state index is 14.8. The van der Waals surface area contributed by atoms with Crippen molar-refractivity contribution in [3.8, 4) is 0 Å². The van der Waals surface area contributed by atoms with Gasteiger partial charge >= 0.3 is 0 Å². The van der Waals surface area contributed by atoms with Gasteiger partial charge in [-0.15, -0.1) is 0 Å². The summed E-state index contributed by atoms with van der Waals surface area (Å²) in [6.07, 6.45) is -0.725. The Morgan fingerprint density at radius 3 is 2.59 bits per heavy atom. The van der Waals surface area contributed by atoms with E-state index in [0.717, 1.165) is 4.31 Å². The van der Waals surface area contributed by atoms with Crippen LogP contribution in [-0.2, 0) is 24.7 Å². The summed E-state index contributed by atoms with van der Waals surface area (Å²) in [6, 6.07) is 6.20. The molecule has 0 aliphatic carbocycles. The third-order valence-electron chi connectivity index (χ3n) is 6.57. The molecule has 2 heterocycles. The second-order valence-corrected chi connectivity index (χ2v) is 16.3. The normalized spacial score (nSPS) is 29.5. The number of sulfonamides is 1. The number of rotatable bonds is 4. The molecular formula is C20H31FN2O4SSi. The molecule has 162 valence electrons. The van der Waals surface area contributed by atoms with Crippen molar-refractivity contribution < 1.29 is 22.0 Å². The molecule has 0 bridgehead atoms. The summed E-state index contributed by atoms with van der Waals surface area (Å²) in [5.74, 6) is -0.286. The topological polar surface area (TPSA) is 67.9 Å². The van der Waals surface area contributed by atoms with Crippen LogP contribution in [0.15, 0.2) is 36.7 Å². The molecule has 3 atom stereocenters. The van der Waals surface area contributed by atoms with E-state index in [0.29, 0.717) is 0 Å². The molecule has 1 N–H and O–H groups in total. The van der Waals surface area contributed by atoms with Crippen LogP contribution in [0.1, 0.15) is 26.3 Å². The summed E-state index contributed by atoms with van der Waals surface area (Å²) in [5.41, 5.74) is -0.993. The number of halogens is 1. The predicted octanol–water partition coefficient (Wildman–Crippen LogP) is 3.15. The van der Waals surface area contributed by atoms with Crippen LogP contribution in [0, 0.1) is 5.82 Å². The summed E-state index contributed by atoms with van der Waals surface area (Å²) in [4.78, 5) is 0. The van der Waals surface area contributed by atoms with Crippen LogP contribution in [0.5, 0.6) is 0 Å². The van der Waals surface area contributed by atoms with Crippen molar-refractivity contribution in [2.75, 3.05) is 20.3 Å². The van der Waals surface area contributed by atoms with Gasteiger partial charge in [-0.2, -0.15) is 0 Å². The van der Waals surface area contributed by atoms with E-state index in [4.69, 9.17) is 9.16 Å². The zero-order valence-electron chi connectivity index (χ0n) is 18.0. The van der Waals surface area contributed by atoms with Crippen LogP contribution in [-0.4, -0.2) is 52.7 Å². The van der Waals surface area contributed by atoms with Crippen LogP contribution >= 0.6 is 0 Å². The molecule has 3 unspecified atom stereocenters. The molecule has 2 saturated heterocycles. The Labute approximate surface area is 174 Å². The molecule has 2 fully saturated rings. The second-order valence-electron chi connectivity index (χ2n) is 9.38. The number of hydrogen-bond acceptors (Lipinski definition) is 5. The maximum Gasteiger partial charge on any atom is 0.244 e. The number of fused-ring (bicyclic) bond motifs is 1. The largest absolute Gasteiger partial charge is 0.414 e. The number of hydrogen-bond donors (Lipinski definition) is 1. The minimum atomic E-state index is -3.85. The monoisotopic (exact) mass is 442 g/mol. The number of ether oxygens (including phenoxy) is 1. The SMILES string of the molecule is C=C1NC2(c3ccccc3F)COC(CO[Si](C)(C)C(C)(C)C)C2S(=O)(=O)N1C. The van der Waals surface area contributed by atoms with Gasteiger partial charge in [0.25, 0.3) is 0 Å². The zero-order valence-corrected chi connectivity index (χ0v) is 19.8. The average Bonchev–Trinajstić information content (AvgIpc) is 2.98. The fraction of sp³-hybridized carbons (Fsp3) is 0.600. The van der Waals surface area contributed by atoms with E-state index in [1.807, 2.05) is 0 Å². The molecule has 2 aliphatic rings. The third-order valence-corrected chi connectivity index (χ3v) is 13.4. The van der Waals surface area contributed by atoms with Crippen molar-refractivity contribution in [3.63, 3.8) is 0 Å². The molecule has 9 heteroatoms. The Morgan fingerprint density at radius 2 is 2.00 bits per heavy atom. The Kier molecular flexibility index (Phi) is 5.43. The van der Waals surface area contributed by atoms with Gasteiger partial charge in [0.1, 0.15) is 28.5 Å². The van der Waals surface area contributed by atoms with Crippen LogP contribution in [0.2, 0.25) is 18.1 Å². The lowest BCUT2D eigenvalue weighted by Gasteiger charge is -2.45. The van der Waals surface area contributed by atoms with Crippen molar-refractivity contribution in [2.24, 2.45) is 0 Å². The average molecular weight is 443 g/mol. The summed E-state index contributed by atoms with van der Waals surface area (Å²) in [5, 5.41) is 2.09. The number of benzene rings is 1. The lowest BCUT2D eigenvalue weighted by atomic mass is 9.86. The highest BCUT2D eigenvalue weighted by Crippen LogP contribution is 2.45. The van der Waals surface area contributed by atoms with Gasteiger partial charge < -0.3 is 14.5 Å². The first-order chi connectivity index (χ1) is 13.2. The molecule has 1 aromatic rings. The smallest absolute Gasteiger partial charge is 0.244 e. The van der Waals surface area contributed by atoms with Gasteiger partial charge in [-0.25, -0.2) is 12.8 Å². The van der Waals surface area contributed by atoms with Crippen molar-refractivity contribution in [1.82, 2.24) is 9.62 Å². The minimum absolute atomic E-state index is 0.0101. The van der Waals surface area contributed by atoms with Crippen LogP contribution in [0.3, 0.4) is 0 Å². The molecule has 6 nitrogen and oxygen atoms in total. The standard InChI is InChI=1S/C20H31FN2O4SSi/c1-14-22-20(15-10-8-9-11-16(15)21)13-26-17(18(20)28(24,25)23(14)5)12-27-29(6,7)19(2,3)4/h8-11,17-18,22H,1,12-13H2,2-7H3. The number of nitrogens with one attached hydrogen (secondary N) is 1. The lowest BCUT2D eigenvalue weighted by molar-refractivity contribution is 0.0598. The third kappa shape index (κ3) is 3.52. The highest BCUT2D eigenvalue weighted by molar-refractivity contribution is 7.90. The molecule has 3 rings (SSSR count). The van der Waals surface area contributed by atoms with Crippen molar-refractivity contribution in [1.29, 1.82) is 0 Å². The molecule has 0 amide bonds. The predicted molar refractivity (Wildman–Crippen MR) is 114 cm³/mol. The molecule has 0 aromatic heterocycles. The molecule has 1 aromatic carbocycles. The van der Waals surface area contributed by atoms with Gasteiger partial charge in [-0.1, -0.05) is 45.5 Å². The summed E-state index contributed by atoms with van der Waals surface area (Å²) in [6.45, 7) is 14.5. The summed E-state index contributed by atoms with van der Waals surface area (Å²) >= 11 is 0. The van der Waals surface area contributed by atoms with Gasteiger partial charge in [-0.05, 0) is 24.2 Å². The van der Waals surface area contributed by atoms with E-state index in [1.54, 1.807) is 18.2 Å². The van der Waals surface area contributed by atoms with Gasteiger partial charge in [0.2, 0.25) is 10.0 Å². The molecule has 29 heavy (non-hydrogen) atoms. The first-order valence-corrected chi connectivity index (χ1v) is 14.1. The molecular weight excluding hydrogens is 411 g/mol. The van der Waals surface area contributed by atoms with Crippen molar-refractivity contribution >= 4 is 18.3 Å². The molecule has 2 aliphatic heterocycles. The molecule has 0 spiro atoms. The van der Waals surface area contributed by atoms with E-state index in [2.05, 4.69) is 45.8 Å². The Balaban J connectivity index is 2.03. The van der Waals surface area contributed by atoms with E-state index >= 15 is 0 Å².